The zero-order valence-corrected chi connectivity index (χ0v) is 17.2. The Morgan fingerprint density at radius 3 is 2.77 bits per heavy atom. The molecule has 0 amide bonds. The quantitative estimate of drug-likeness (QED) is 0.393. The topological polar surface area (TPSA) is 92.3 Å². The lowest BCUT2D eigenvalue weighted by Crippen LogP contribution is -2.13. The molecular weight excluding hydrogens is 417 g/mol. The molecule has 1 atom stereocenters. The SMILES string of the molecule is C[C@@H](Nc1ncnc2nc[nH]c12)c1nc2cccc(CF)c2nc1-c1ccccc1Cl. The number of anilines is 1. The van der Waals surface area contributed by atoms with Gasteiger partial charge in [0.1, 0.15) is 18.5 Å². The van der Waals surface area contributed by atoms with E-state index in [9.17, 15) is 4.39 Å². The van der Waals surface area contributed by atoms with E-state index in [1.807, 2.05) is 31.2 Å². The number of imidazole rings is 1. The first-order chi connectivity index (χ1) is 15.2. The van der Waals surface area contributed by atoms with E-state index in [2.05, 4.69) is 25.3 Å². The Balaban J connectivity index is 1.68. The van der Waals surface area contributed by atoms with E-state index in [0.717, 1.165) is 5.56 Å². The number of nitrogens with one attached hydrogen (secondary N) is 2. The fraction of sp³-hybridized carbons (Fsp3) is 0.136. The minimum Gasteiger partial charge on any atom is -0.360 e. The highest BCUT2D eigenvalue weighted by atomic mass is 35.5. The van der Waals surface area contributed by atoms with Crippen molar-refractivity contribution in [3.63, 3.8) is 0 Å². The fourth-order valence-corrected chi connectivity index (χ4v) is 3.78. The number of H-pyrrole nitrogens is 1. The number of alkyl halides is 1. The molecule has 9 heteroatoms. The molecule has 154 valence electrons. The first kappa shape index (κ1) is 19.3. The second-order valence-corrected chi connectivity index (χ2v) is 7.45. The van der Waals surface area contributed by atoms with Crippen molar-refractivity contribution in [3.8, 4) is 11.3 Å². The summed E-state index contributed by atoms with van der Waals surface area (Å²) in [5.74, 6) is 0.597. The maximum absolute atomic E-state index is 13.6. The number of halogens is 2. The standard InChI is InChI=1S/C22H17ClFN7/c1-12(29-22-20-21(26-10-25-20)27-11-28-22)17-19(14-6-2-3-7-15(14)23)31-18-13(9-24)5-4-8-16(18)30-17/h2-8,10-12H,9H2,1H3,(H2,25,26,27,28,29)/t12-/m1/s1. The van der Waals surface area contributed by atoms with Crippen molar-refractivity contribution in [2.24, 2.45) is 0 Å². The molecule has 0 bridgehead atoms. The van der Waals surface area contributed by atoms with Gasteiger partial charge in [0.25, 0.3) is 0 Å². The number of nitrogens with zero attached hydrogens (tertiary/aromatic N) is 5. The molecule has 0 aliphatic carbocycles. The molecule has 0 saturated carbocycles. The highest BCUT2D eigenvalue weighted by Crippen LogP contribution is 2.34. The Morgan fingerprint density at radius 2 is 1.94 bits per heavy atom. The number of hydrogen-bond donors (Lipinski definition) is 2. The summed E-state index contributed by atoms with van der Waals surface area (Å²) in [6.45, 7) is 1.33. The van der Waals surface area contributed by atoms with Crippen molar-refractivity contribution in [3.05, 3.63) is 71.4 Å². The lowest BCUT2D eigenvalue weighted by molar-refractivity contribution is 0.487. The second-order valence-electron chi connectivity index (χ2n) is 7.05. The molecule has 0 fully saturated rings. The van der Waals surface area contributed by atoms with E-state index in [4.69, 9.17) is 21.6 Å². The molecule has 0 spiro atoms. The van der Waals surface area contributed by atoms with Gasteiger partial charge in [-0.05, 0) is 19.1 Å². The van der Waals surface area contributed by atoms with Gasteiger partial charge in [0.15, 0.2) is 11.5 Å². The minimum absolute atomic E-state index is 0.293. The van der Waals surface area contributed by atoms with Gasteiger partial charge >= 0.3 is 0 Å². The van der Waals surface area contributed by atoms with E-state index in [1.54, 1.807) is 24.5 Å². The van der Waals surface area contributed by atoms with Gasteiger partial charge in [-0.1, -0.05) is 41.9 Å². The number of rotatable bonds is 5. The van der Waals surface area contributed by atoms with Crippen molar-refractivity contribution in [2.45, 2.75) is 19.6 Å². The molecule has 0 unspecified atom stereocenters. The van der Waals surface area contributed by atoms with Crippen molar-refractivity contribution in [1.82, 2.24) is 29.9 Å². The summed E-state index contributed by atoms with van der Waals surface area (Å²) in [5, 5.41) is 3.91. The van der Waals surface area contributed by atoms with Crippen LogP contribution in [0.25, 0.3) is 33.5 Å². The van der Waals surface area contributed by atoms with Crippen molar-refractivity contribution in [2.75, 3.05) is 5.32 Å². The van der Waals surface area contributed by atoms with Gasteiger partial charge in [0.05, 0.1) is 39.8 Å². The van der Waals surface area contributed by atoms with Gasteiger partial charge in [0, 0.05) is 11.1 Å². The summed E-state index contributed by atoms with van der Waals surface area (Å²) >= 11 is 6.49. The third-order valence-electron chi connectivity index (χ3n) is 5.06. The summed E-state index contributed by atoms with van der Waals surface area (Å²) in [6.07, 6.45) is 3.02. The summed E-state index contributed by atoms with van der Waals surface area (Å²) in [6, 6.07) is 12.4. The summed E-state index contributed by atoms with van der Waals surface area (Å²) in [4.78, 5) is 25.4. The molecule has 5 aromatic rings. The molecular formula is C22H17ClFN7. The highest BCUT2D eigenvalue weighted by Gasteiger charge is 2.21. The predicted octanol–water partition coefficient (Wildman–Crippen LogP) is 5.26. The summed E-state index contributed by atoms with van der Waals surface area (Å²) in [7, 11) is 0. The minimum atomic E-state index is -0.625. The van der Waals surface area contributed by atoms with Crippen LogP contribution >= 0.6 is 11.6 Å². The van der Waals surface area contributed by atoms with Crippen LogP contribution in [-0.2, 0) is 6.67 Å². The molecule has 5 rings (SSSR count). The van der Waals surface area contributed by atoms with Gasteiger partial charge in [-0.3, -0.25) is 0 Å². The highest BCUT2D eigenvalue weighted by molar-refractivity contribution is 6.33. The molecule has 7 nitrogen and oxygen atoms in total. The first-order valence-corrected chi connectivity index (χ1v) is 10.0. The van der Waals surface area contributed by atoms with Crippen LogP contribution in [0.1, 0.15) is 24.2 Å². The molecule has 0 aliphatic heterocycles. The van der Waals surface area contributed by atoms with Crippen LogP contribution in [0.15, 0.2) is 55.1 Å². The Hall–Kier alpha value is -3.65. The van der Waals surface area contributed by atoms with Crippen LogP contribution in [-0.4, -0.2) is 29.9 Å². The molecule has 0 radical (unpaired) electrons. The van der Waals surface area contributed by atoms with Crippen molar-refractivity contribution >= 4 is 39.6 Å². The fourth-order valence-electron chi connectivity index (χ4n) is 3.56. The number of fused-ring (bicyclic) bond motifs is 2. The number of hydrogen-bond acceptors (Lipinski definition) is 6. The maximum atomic E-state index is 13.6. The van der Waals surface area contributed by atoms with Crippen LogP contribution < -0.4 is 5.32 Å². The number of aromatic amines is 1. The van der Waals surface area contributed by atoms with Gasteiger partial charge in [-0.25, -0.2) is 29.3 Å². The Bertz CT molecular complexity index is 1400. The Kier molecular flexibility index (Phi) is 4.91. The lowest BCUT2D eigenvalue weighted by atomic mass is 10.0. The van der Waals surface area contributed by atoms with E-state index in [-0.39, 0.29) is 6.04 Å². The molecule has 2 N–H and O–H groups in total. The van der Waals surface area contributed by atoms with Gasteiger partial charge in [0.2, 0.25) is 0 Å². The summed E-state index contributed by atoms with van der Waals surface area (Å²) in [5.41, 5.74) is 4.87. The normalized spacial score (nSPS) is 12.4. The van der Waals surface area contributed by atoms with Gasteiger partial charge < -0.3 is 10.3 Å². The van der Waals surface area contributed by atoms with E-state index < -0.39 is 6.67 Å². The smallest absolute Gasteiger partial charge is 0.182 e. The average Bonchev–Trinajstić information content (AvgIpc) is 3.28. The Labute approximate surface area is 181 Å². The number of aromatic nitrogens is 6. The molecule has 3 aromatic heterocycles. The average molecular weight is 434 g/mol. The summed E-state index contributed by atoms with van der Waals surface area (Å²) < 4.78 is 13.6. The van der Waals surface area contributed by atoms with Gasteiger partial charge in [-0.2, -0.15) is 0 Å². The third-order valence-corrected chi connectivity index (χ3v) is 5.39. The van der Waals surface area contributed by atoms with Gasteiger partial charge in [-0.15, -0.1) is 0 Å². The zero-order chi connectivity index (χ0) is 21.4. The first-order valence-electron chi connectivity index (χ1n) is 9.66. The van der Waals surface area contributed by atoms with Crippen LogP contribution in [0.3, 0.4) is 0 Å². The van der Waals surface area contributed by atoms with E-state index >= 15 is 0 Å². The van der Waals surface area contributed by atoms with Crippen LogP contribution in [0.5, 0.6) is 0 Å². The van der Waals surface area contributed by atoms with Crippen LogP contribution in [0, 0.1) is 0 Å². The van der Waals surface area contributed by atoms with Crippen LogP contribution in [0.2, 0.25) is 5.02 Å². The lowest BCUT2D eigenvalue weighted by Gasteiger charge is -2.19. The third kappa shape index (κ3) is 3.44. The van der Waals surface area contributed by atoms with Crippen molar-refractivity contribution in [1.29, 1.82) is 0 Å². The predicted molar refractivity (Wildman–Crippen MR) is 119 cm³/mol. The number of para-hydroxylation sites is 1. The zero-order valence-electron chi connectivity index (χ0n) is 16.5. The molecule has 0 aliphatic rings. The largest absolute Gasteiger partial charge is 0.360 e. The molecule has 31 heavy (non-hydrogen) atoms. The monoisotopic (exact) mass is 433 g/mol. The second kappa shape index (κ2) is 7.88. The molecule has 0 saturated heterocycles. The van der Waals surface area contributed by atoms with Crippen molar-refractivity contribution < 1.29 is 4.39 Å². The maximum Gasteiger partial charge on any atom is 0.182 e. The van der Waals surface area contributed by atoms with E-state index in [0.29, 0.717) is 50.0 Å². The van der Waals surface area contributed by atoms with E-state index in [1.165, 1.54) is 6.33 Å². The van der Waals surface area contributed by atoms with Crippen LogP contribution in [0.4, 0.5) is 10.2 Å². The molecule has 3 heterocycles. The number of benzene rings is 2. The Morgan fingerprint density at radius 1 is 1.06 bits per heavy atom. The molecule has 2 aromatic carbocycles.